The van der Waals surface area contributed by atoms with Gasteiger partial charge in [-0.2, -0.15) is 26.3 Å². The topological polar surface area (TPSA) is 116 Å². The quantitative estimate of drug-likeness (QED) is 0.633. The number of fused-ring (bicyclic) bond motifs is 1. The Bertz CT molecular complexity index is 595. The van der Waals surface area contributed by atoms with E-state index in [1.165, 1.54) is 0 Å². The number of aromatic nitrogens is 1. The van der Waals surface area contributed by atoms with E-state index in [0.717, 1.165) is 50.1 Å². The predicted octanol–water partition coefficient (Wildman–Crippen LogP) is 2.39. The monoisotopic (exact) mass is 423 g/mol. The van der Waals surface area contributed by atoms with Crippen LogP contribution in [-0.4, -0.2) is 57.5 Å². The van der Waals surface area contributed by atoms with E-state index >= 15 is 0 Å². The first-order valence-corrected chi connectivity index (χ1v) is 7.73. The number of aliphatic carboxylic acids is 2. The number of alkyl halides is 6. The molecule has 0 radical (unpaired) electrons. The number of halogens is 6. The number of carboxylic acid groups (broad SMARTS) is 2. The van der Waals surface area contributed by atoms with Gasteiger partial charge in [0.1, 0.15) is 5.76 Å². The molecule has 2 rings (SSSR count). The minimum absolute atomic E-state index is 0.833. The van der Waals surface area contributed by atoms with Crippen LogP contribution in [0.15, 0.2) is 4.42 Å². The number of hydrogen-bond donors (Lipinski definition) is 3. The van der Waals surface area contributed by atoms with Crippen LogP contribution in [-0.2, 0) is 29.2 Å². The van der Waals surface area contributed by atoms with E-state index in [1.807, 2.05) is 0 Å². The summed E-state index contributed by atoms with van der Waals surface area (Å²) in [4.78, 5) is 24.5. The van der Waals surface area contributed by atoms with Gasteiger partial charge in [-0.1, -0.05) is 13.8 Å². The summed E-state index contributed by atoms with van der Waals surface area (Å²) in [6, 6.07) is 0. The summed E-state index contributed by atoms with van der Waals surface area (Å²) in [6.07, 6.45) is -10.2. The molecule has 1 aromatic rings. The summed E-state index contributed by atoms with van der Waals surface area (Å²) in [6.45, 7) is 8.92. The van der Waals surface area contributed by atoms with Crippen LogP contribution in [0.2, 0.25) is 0 Å². The summed E-state index contributed by atoms with van der Waals surface area (Å²) in [7, 11) is 0. The third-order valence-corrected chi connectivity index (χ3v) is 3.14. The van der Waals surface area contributed by atoms with E-state index in [1.54, 1.807) is 0 Å². The second-order valence-electron chi connectivity index (χ2n) is 5.15. The standard InChI is InChI=1S/C10H17N3O.2C2HF3O2/c1-3-13(4-2)7-10-12-8-5-11-6-9(8)14-10;2*3-2(4,5)1(6)7/h11H,3-7H2,1-2H3;2*(H,6,7). The zero-order chi connectivity index (χ0) is 22.1. The lowest BCUT2D eigenvalue weighted by Gasteiger charge is -2.15. The van der Waals surface area contributed by atoms with Gasteiger partial charge >= 0.3 is 24.3 Å². The number of oxazole rings is 1. The molecule has 0 spiro atoms. The molecular weight excluding hydrogens is 404 g/mol. The second-order valence-corrected chi connectivity index (χ2v) is 5.15. The van der Waals surface area contributed by atoms with E-state index < -0.39 is 24.3 Å². The molecule has 0 saturated carbocycles. The van der Waals surface area contributed by atoms with E-state index in [4.69, 9.17) is 24.2 Å². The molecule has 28 heavy (non-hydrogen) atoms. The molecule has 0 aromatic carbocycles. The number of rotatable bonds is 4. The fourth-order valence-corrected chi connectivity index (χ4v) is 1.71. The molecule has 1 aliphatic rings. The second kappa shape index (κ2) is 10.8. The van der Waals surface area contributed by atoms with E-state index in [2.05, 4.69) is 29.0 Å². The normalized spacial score (nSPS) is 13.2. The van der Waals surface area contributed by atoms with Gasteiger partial charge in [-0.05, 0) is 13.1 Å². The average molecular weight is 423 g/mol. The molecule has 0 bridgehead atoms. The third kappa shape index (κ3) is 9.55. The number of carbonyl (C=O) groups is 2. The summed E-state index contributed by atoms with van der Waals surface area (Å²) in [5.74, 6) is -3.63. The van der Waals surface area contributed by atoms with Crippen molar-refractivity contribution in [3.05, 3.63) is 17.3 Å². The van der Waals surface area contributed by atoms with Crippen molar-refractivity contribution >= 4 is 11.9 Å². The lowest BCUT2D eigenvalue weighted by Crippen LogP contribution is -2.22. The van der Waals surface area contributed by atoms with Gasteiger partial charge in [-0.3, -0.25) is 4.90 Å². The molecule has 1 aliphatic heterocycles. The van der Waals surface area contributed by atoms with Crippen molar-refractivity contribution in [3.8, 4) is 0 Å². The van der Waals surface area contributed by atoms with Crippen LogP contribution >= 0.6 is 0 Å². The van der Waals surface area contributed by atoms with Crippen LogP contribution in [0.1, 0.15) is 31.2 Å². The minimum atomic E-state index is -5.08. The first kappa shape index (κ1) is 25.6. The lowest BCUT2D eigenvalue weighted by atomic mass is 10.4. The zero-order valence-corrected chi connectivity index (χ0v) is 14.8. The van der Waals surface area contributed by atoms with Crippen LogP contribution in [0, 0.1) is 0 Å². The number of hydrogen-bond acceptors (Lipinski definition) is 6. The molecule has 0 amide bonds. The van der Waals surface area contributed by atoms with Gasteiger partial charge in [0.05, 0.1) is 18.8 Å². The highest BCUT2D eigenvalue weighted by Gasteiger charge is 2.38. The number of carboxylic acids is 2. The highest BCUT2D eigenvalue weighted by Crippen LogP contribution is 2.17. The number of nitrogens with one attached hydrogen (secondary N) is 1. The summed E-state index contributed by atoms with van der Waals surface area (Å²) >= 11 is 0. The molecule has 0 unspecified atom stereocenters. The Morgan fingerprint density at radius 2 is 1.46 bits per heavy atom. The van der Waals surface area contributed by atoms with Gasteiger partial charge in [-0.15, -0.1) is 0 Å². The van der Waals surface area contributed by atoms with Crippen molar-refractivity contribution in [2.45, 2.75) is 45.8 Å². The van der Waals surface area contributed by atoms with Gasteiger partial charge in [0, 0.05) is 6.54 Å². The summed E-state index contributed by atoms with van der Waals surface area (Å²) in [5.41, 5.74) is 1.09. The molecule has 3 N–H and O–H groups in total. The Balaban J connectivity index is 0.000000444. The van der Waals surface area contributed by atoms with E-state index in [0.29, 0.717) is 0 Å². The van der Waals surface area contributed by atoms with Gasteiger partial charge < -0.3 is 19.9 Å². The first-order valence-electron chi connectivity index (χ1n) is 7.73. The largest absolute Gasteiger partial charge is 0.490 e. The SMILES string of the molecule is CCN(CC)Cc1nc2c(o1)CNC2.O=C(O)C(F)(F)F.O=C(O)C(F)(F)F. The maximum Gasteiger partial charge on any atom is 0.490 e. The summed E-state index contributed by atoms with van der Waals surface area (Å²) < 4.78 is 69.1. The summed E-state index contributed by atoms with van der Waals surface area (Å²) in [5, 5.41) is 17.5. The third-order valence-electron chi connectivity index (χ3n) is 3.14. The van der Waals surface area contributed by atoms with Crippen LogP contribution in [0.5, 0.6) is 0 Å². The molecular formula is C14H19F6N3O5. The molecule has 0 aliphatic carbocycles. The van der Waals surface area contributed by atoms with Crippen LogP contribution in [0.25, 0.3) is 0 Å². The first-order chi connectivity index (χ1) is 12.7. The molecule has 0 saturated heterocycles. The zero-order valence-electron chi connectivity index (χ0n) is 14.8. The molecule has 0 fully saturated rings. The highest BCUT2D eigenvalue weighted by atomic mass is 19.4. The highest BCUT2D eigenvalue weighted by molar-refractivity contribution is 5.73. The predicted molar refractivity (Wildman–Crippen MR) is 81.1 cm³/mol. The molecule has 162 valence electrons. The van der Waals surface area contributed by atoms with Crippen molar-refractivity contribution in [3.63, 3.8) is 0 Å². The van der Waals surface area contributed by atoms with Crippen molar-refractivity contribution in [1.29, 1.82) is 0 Å². The van der Waals surface area contributed by atoms with Crippen molar-refractivity contribution in [2.75, 3.05) is 13.1 Å². The Morgan fingerprint density at radius 1 is 1.04 bits per heavy atom. The van der Waals surface area contributed by atoms with Crippen LogP contribution < -0.4 is 5.32 Å². The van der Waals surface area contributed by atoms with E-state index in [9.17, 15) is 26.3 Å². The van der Waals surface area contributed by atoms with Gasteiger partial charge in [0.25, 0.3) is 0 Å². The fraction of sp³-hybridized carbons (Fsp3) is 0.643. The Kier molecular flexibility index (Phi) is 9.94. The molecule has 14 heteroatoms. The van der Waals surface area contributed by atoms with E-state index in [-0.39, 0.29) is 0 Å². The van der Waals surface area contributed by atoms with Gasteiger partial charge in [0.15, 0.2) is 0 Å². The minimum Gasteiger partial charge on any atom is -0.475 e. The van der Waals surface area contributed by atoms with Crippen LogP contribution in [0.4, 0.5) is 26.3 Å². The smallest absolute Gasteiger partial charge is 0.475 e. The Morgan fingerprint density at radius 3 is 1.79 bits per heavy atom. The van der Waals surface area contributed by atoms with Crippen molar-refractivity contribution in [2.24, 2.45) is 0 Å². The lowest BCUT2D eigenvalue weighted by molar-refractivity contribution is -0.193. The molecule has 0 atom stereocenters. The van der Waals surface area contributed by atoms with Gasteiger partial charge in [0.2, 0.25) is 5.89 Å². The fourth-order valence-electron chi connectivity index (χ4n) is 1.71. The van der Waals surface area contributed by atoms with Crippen molar-refractivity contribution < 1.29 is 50.6 Å². The Hall–Kier alpha value is -2.35. The molecule has 2 heterocycles. The number of nitrogens with zero attached hydrogens (tertiary/aromatic N) is 2. The molecule has 8 nitrogen and oxygen atoms in total. The average Bonchev–Trinajstić information content (AvgIpc) is 3.13. The maximum absolute atomic E-state index is 10.6. The van der Waals surface area contributed by atoms with Crippen molar-refractivity contribution in [1.82, 2.24) is 15.2 Å². The van der Waals surface area contributed by atoms with Crippen LogP contribution in [0.3, 0.4) is 0 Å². The van der Waals surface area contributed by atoms with Gasteiger partial charge in [-0.25, -0.2) is 14.6 Å². The molecule has 1 aromatic heterocycles. The maximum atomic E-state index is 10.6. The Labute approximate surface area is 155 Å².